The van der Waals surface area contributed by atoms with Crippen molar-refractivity contribution in [1.82, 2.24) is 5.32 Å². The van der Waals surface area contributed by atoms with Crippen LogP contribution in [-0.2, 0) is 4.79 Å². The highest BCUT2D eigenvalue weighted by atomic mass is 16.3. The van der Waals surface area contributed by atoms with E-state index in [0.717, 1.165) is 12.8 Å². The molecule has 0 spiro atoms. The van der Waals surface area contributed by atoms with Gasteiger partial charge in [-0.05, 0) is 33.6 Å². The lowest BCUT2D eigenvalue weighted by atomic mass is 10.1. The number of nitrogens with one attached hydrogen (secondary N) is 1. The van der Waals surface area contributed by atoms with E-state index in [0.29, 0.717) is 0 Å². The highest BCUT2D eigenvalue weighted by Gasteiger charge is 2.12. The van der Waals surface area contributed by atoms with Crippen LogP contribution in [0.1, 0.15) is 33.6 Å². The Kier molecular flexibility index (Phi) is 10.9. The number of hydrogen-bond donors (Lipinski definition) is 2. The lowest BCUT2D eigenvalue weighted by Crippen LogP contribution is -2.37. The van der Waals surface area contributed by atoms with Gasteiger partial charge in [-0.1, -0.05) is 54.7 Å². The quantitative estimate of drug-likeness (QED) is 0.388. The van der Waals surface area contributed by atoms with E-state index in [2.05, 4.69) is 11.4 Å². The molecule has 3 nitrogen and oxygen atoms in total. The number of amides is 1. The fourth-order valence-corrected chi connectivity index (χ4v) is 1.29. The van der Waals surface area contributed by atoms with E-state index in [1.165, 1.54) is 6.08 Å². The first-order chi connectivity index (χ1) is 9.95. The molecule has 3 heteroatoms. The average Bonchev–Trinajstić information content (AvgIpc) is 2.42. The number of rotatable bonds is 9. The molecule has 116 valence electrons. The molecule has 0 aliphatic carbocycles. The summed E-state index contributed by atoms with van der Waals surface area (Å²) in [6.45, 7) is 5.53. The maximum atomic E-state index is 11.4. The summed E-state index contributed by atoms with van der Waals surface area (Å²) in [6, 6.07) is 0. The Morgan fingerprint density at radius 1 is 1.00 bits per heavy atom. The van der Waals surface area contributed by atoms with Gasteiger partial charge in [-0.3, -0.25) is 4.79 Å². The molecule has 0 atom stereocenters. The molecule has 0 aromatic rings. The maximum Gasteiger partial charge on any atom is 0.244 e. The van der Waals surface area contributed by atoms with E-state index in [-0.39, 0.29) is 12.5 Å². The van der Waals surface area contributed by atoms with Gasteiger partial charge in [0, 0.05) is 12.6 Å². The molecule has 0 saturated carbocycles. The number of hydrogen-bond acceptors (Lipinski definition) is 2. The summed E-state index contributed by atoms with van der Waals surface area (Å²) in [5.74, 6) is -0.198. The van der Waals surface area contributed by atoms with Crippen molar-refractivity contribution in [3.05, 3.63) is 60.8 Å². The molecular formula is C18H27NO2. The molecule has 0 aliphatic rings. The van der Waals surface area contributed by atoms with Crippen LogP contribution in [0.15, 0.2) is 60.8 Å². The van der Waals surface area contributed by atoms with Crippen molar-refractivity contribution in [1.29, 1.82) is 0 Å². The Morgan fingerprint density at radius 3 is 2.14 bits per heavy atom. The first-order valence-corrected chi connectivity index (χ1v) is 7.23. The van der Waals surface area contributed by atoms with Crippen LogP contribution in [0.4, 0.5) is 0 Å². The summed E-state index contributed by atoms with van der Waals surface area (Å²) < 4.78 is 0. The maximum absolute atomic E-state index is 11.4. The van der Waals surface area contributed by atoms with Gasteiger partial charge in [-0.15, -0.1) is 0 Å². The minimum atomic E-state index is -0.882. The molecule has 0 fully saturated rings. The van der Waals surface area contributed by atoms with Crippen molar-refractivity contribution in [2.24, 2.45) is 0 Å². The fourth-order valence-electron chi connectivity index (χ4n) is 1.29. The summed E-state index contributed by atoms with van der Waals surface area (Å²) in [4.78, 5) is 11.4. The second kappa shape index (κ2) is 11.9. The van der Waals surface area contributed by atoms with Gasteiger partial charge in [-0.25, -0.2) is 0 Å². The van der Waals surface area contributed by atoms with Crippen molar-refractivity contribution in [2.75, 3.05) is 6.54 Å². The van der Waals surface area contributed by atoms with Crippen LogP contribution in [0.5, 0.6) is 0 Å². The number of carbonyl (C=O) groups is 1. The lowest BCUT2D eigenvalue weighted by Gasteiger charge is -2.16. The van der Waals surface area contributed by atoms with Crippen LogP contribution in [0.2, 0.25) is 0 Å². The Bertz CT molecular complexity index is 421. The second-order valence-corrected chi connectivity index (χ2v) is 5.23. The highest BCUT2D eigenvalue weighted by molar-refractivity contribution is 5.87. The summed E-state index contributed by atoms with van der Waals surface area (Å²) in [5, 5.41) is 12.1. The highest BCUT2D eigenvalue weighted by Crippen LogP contribution is 1.97. The van der Waals surface area contributed by atoms with Crippen LogP contribution in [0.25, 0.3) is 0 Å². The van der Waals surface area contributed by atoms with Crippen molar-refractivity contribution in [3.63, 3.8) is 0 Å². The predicted octanol–water partition coefficient (Wildman–Crippen LogP) is 3.45. The number of aliphatic hydroxyl groups is 1. The summed E-state index contributed by atoms with van der Waals surface area (Å²) in [5.41, 5.74) is -0.882. The third-order valence-corrected chi connectivity index (χ3v) is 2.35. The molecule has 1 amide bonds. The molecule has 0 aromatic carbocycles. The van der Waals surface area contributed by atoms with Gasteiger partial charge in [0.25, 0.3) is 0 Å². The van der Waals surface area contributed by atoms with Crippen molar-refractivity contribution >= 4 is 5.91 Å². The molecule has 0 saturated heterocycles. The average molecular weight is 289 g/mol. The van der Waals surface area contributed by atoms with Gasteiger partial charge in [0.15, 0.2) is 0 Å². The lowest BCUT2D eigenvalue weighted by molar-refractivity contribution is -0.117. The minimum Gasteiger partial charge on any atom is -0.389 e. The molecule has 0 aliphatic heterocycles. The largest absolute Gasteiger partial charge is 0.389 e. The van der Waals surface area contributed by atoms with Gasteiger partial charge in [0.2, 0.25) is 5.91 Å². The zero-order chi connectivity index (χ0) is 16.0. The minimum absolute atomic E-state index is 0.198. The fraction of sp³-hybridized carbons (Fsp3) is 0.389. The third-order valence-electron chi connectivity index (χ3n) is 2.35. The first-order valence-electron chi connectivity index (χ1n) is 7.23. The Hall–Kier alpha value is -1.87. The molecule has 0 rings (SSSR count). The van der Waals surface area contributed by atoms with Crippen LogP contribution in [-0.4, -0.2) is 23.2 Å². The van der Waals surface area contributed by atoms with E-state index >= 15 is 0 Å². The summed E-state index contributed by atoms with van der Waals surface area (Å²) in [7, 11) is 0. The zero-order valence-electron chi connectivity index (χ0n) is 13.3. The molecule has 0 radical (unpaired) electrons. The van der Waals surface area contributed by atoms with E-state index < -0.39 is 5.60 Å². The zero-order valence-corrected chi connectivity index (χ0v) is 13.3. The van der Waals surface area contributed by atoms with Gasteiger partial charge in [0.05, 0.1) is 5.60 Å². The SMILES string of the molecule is C\C=C/C=C/C=C\CC/C=C/C=C/C(=O)NCC(C)(C)O. The van der Waals surface area contributed by atoms with Crippen LogP contribution in [0, 0.1) is 0 Å². The predicted molar refractivity (Wildman–Crippen MR) is 89.9 cm³/mol. The van der Waals surface area contributed by atoms with E-state index in [1.807, 2.05) is 49.5 Å². The third kappa shape index (κ3) is 16.1. The van der Waals surface area contributed by atoms with Crippen molar-refractivity contribution in [2.45, 2.75) is 39.2 Å². The number of carbonyl (C=O) groups excluding carboxylic acids is 1. The Morgan fingerprint density at radius 2 is 1.57 bits per heavy atom. The van der Waals surface area contributed by atoms with Gasteiger partial charge >= 0.3 is 0 Å². The molecule has 0 bridgehead atoms. The van der Waals surface area contributed by atoms with Crippen LogP contribution in [0.3, 0.4) is 0 Å². The monoisotopic (exact) mass is 289 g/mol. The smallest absolute Gasteiger partial charge is 0.244 e. The number of unbranched alkanes of at least 4 members (excludes halogenated alkanes) is 1. The Labute approximate surface area is 128 Å². The van der Waals surface area contributed by atoms with Crippen LogP contribution >= 0.6 is 0 Å². The van der Waals surface area contributed by atoms with Crippen molar-refractivity contribution in [3.8, 4) is 0 Å². The molecule has 0 heterocycles. The first kappa shape index (κ1) is 19.1. The van der Waals surface area contributed by atoms with E-state index in [9.17, 15) is 9.90 Å². The van der Waals surface area contributed by atoms with E-state index in [1.54, 1.807) is 19.9 Å². The standard InChI is InChI=1S/C18H27NO2/c1-4-5-6-7-8-9-10-11-12-13-14-15-17(20)19-16-18(2,3)21/h4-9,12-15,21H,10-11,16H2,1-3H3,(H,19,20)/b5-4-,7-6+,9-8-,13-12+,15-14+. The Balaban J connectivity index is 3.76. The second-order valence-electron chi connectivity index (χ2n) is 5.23. The van der Waals surface area contributed by atoms with Gasteiger partial charge < -0.3 is 10.4 Å². The van der Waals surface area contributed by atoms with Gasteiger partial charge in [-0.2, -0.15) is 0 Å². The molecule has 2 N–H and O–H groups in total. The summed E-state index contributed by atoms with van der Waals surface area (Å²) >= 11 is 0. The van der Waals surface area contributed by atoms with Crippen LogP contribution < -0.4 is 5.32 Å². The molecule has 21 heavy (non-hydrogen) atoms. The topological polar surface area (TPSA) is 49.3 Å². The molecule has 0 aromatic heterocycles. The molecular weight excluding hydrogens is 262 g/mol. The number of allylic oxidation sites excluding steroid dienone is 9. The molecule has 0 unspecified atom stereocenters. The van der Waals surface area contributed by atoms with Gasteiger partial charge in [0.1, 0.15) is 0 Å². The summed E-state index contributed by atoms with van der Waals surface area (Å²) in [6.07, 6.45) is 21.0. The normalized spacial score (nSPS) is 13.5. The van der Waals surface area contributed by atoms with E-state index in [4.69, 9.17) is 0 Å². The van der Waals surface area contributed by atoms with Crippen molar-refractivity contribution < 1.29 is 9.90 Å².